The van der Waals surface area contributed by atoms with E-state index in [2.05, 4.69) is 5.32 Å². The number of hydrogen-bond acceptors (Lipinski definition) is 3. The van der Waals surface area contributed by atoms with Crippen molar-refractivity contribution >= 4 is 46.0 Å². The Morgan fingerprint density at radius 1 is 1.11 bits per heavy atom. The molecule has 3 nitrogen and oxygen atoms in total. The van der Waals surface area contributed by atoms with Gasteiger partial charge in [-0.05, 0) is 24.6 Å². The largest absolute Gasteiger partial charge is 0.397 e. The lowest BCUT2D eigenvalue weighted by atomic mass is 10.1. The Morgan fingerprint density at radius 3 is 2.42 bits per heavy atom. The van der Waals surface area contributed by atoms with Crippen LogP contribution in [0.15, 0.2) is 24.3 Å². The third-order valence-corrected chi connectivity index (χ3v) is 3.44. The first kappa shape index (κ1) is 13.8. The highest BCUT2D eigenvalue weighted by Gasteiger charge is 2.16. The van der Waals surface area contributed by atoms with Crippen molar-refractivity contribution in [3.63, 3.8) is 0 Å². The number of hydrogen-bond donors (Lipinski definition) is 3. The van der Waals surface area contributed by atoms with E-state index >= 15 is 0 Å². The van der Waals surface area contributed by atoms with Gasteiger partial charge in [0.05, 0.1) is 27.8 Å². The lowest BCUT2D eigenvalue weighted by molar-refractivity contribution is 0.633. The quantitative estimate of drug-likeness (QED) is 0.722. The number of nitrogen functional groups attached to an aromatic ring is 2. The van der Waals surface area contributed by atoms with Crippen LogP contribution in [0.5, 0.6) is 0 Å². The van der Waals surface area contributed by atoms with Gasteiger partial charge in [-0.25, -0.2) is 4.39 Å². The number of benzene rings is 2. The van der Waals surface area contributed by atoms with E-state index in [1.54, 1.807) is 12.1 Å². The molecular formula is C13H12Cl2FN3. The predicted octanol–water partition coefficient (Wildman–Crippen LogP) is 4.35. The first-order valence-electron chi connectivity index (χ1n) is 5.47. The number of nitrogens with one attached hydrogen (secondary N) is 1. The molecule has 0 aliphatic carbocycles. The molecule has 0 saturated heterocycles. The average Bonchev–Trinajstić information content (AvgIpc) is 2.35. The van der Waals surface area contributed by atoms with Gasteiger partial charge in [0.15, 0.2) is 5.82 Å². The van der Waals surface area contributed by atoms with Gasteiger partial charge in [-0.2, -0.15) is 0 Å². The van der Waals surface area contributed by atoms with Gasteiger partial charge in [0.1, 0.15) is 5.02 Å². The van der Waals surface area contributed by atoms with Crippen molar-refractivity contribution in [1.82, 2.24) is 0 Å². The van der Waals surface area contributed by atoms with Crippen LogP contribution in [0.2, 0.25) is 10.0 Å². The zero-order valence-corrected chi connectivity index (χ0v) is 11.6. The van der Waals surface area contributed by atoms with Crippen LogP contribution in [-0.2, 0) is 0 Å². The second kappa shape index (κ2) is 5.15. The van der Waals surface area contributed by atoms with Gasteiger partial charge >= 0.3 is 0 Å². The monoisotopic (exact) mass is 299 g/mol. The van der Waals surface area contributed by atoms with Gasteiger partial charge in [0.2, 0.25) is 0 Å². The smallest absolute Gasteiger partial charge is 0.169 e. The summed E-state index contributed by atoms with van der Waals surface area (Å²) in [5.41, 5.74) is 13.1. The van der Waals surface area contributed by atoms with Crippen LogP contribution in [0.1, 0.15) is 5.56 Å². The van der Waals surface area contributed by atoms with Crippen molar-refractivity contribution in [1.29, 1.82) is 0 Å². The van der Waals surface area contributed by atoms with E-state index in [0.717, 1.165) is 5.56 Å². The van der Waals surface area contributed by atoms with Crippen LogP contribution in [0.3, 0.4) is 0 Å². The molecule has 2 aromatic rings. The molecule has 0 heterocycles. The summed E-state index contributed by atoms with van der Waals surface area (Å²) in [4.78, 5) is 0. The average molecular weight is 300 g/mol. The fraction of sp³-hybridized carbons (Fsp3) is 0.0769. The van der Waals surface area contributed by atoms with Crippen molar-refractivity contribution in [2.45, 2.75) is 6.92 Å². The zero-order chi connectivity index (χ0) is 14.2. The maximum Gasteiger partial charge on any atom is 0.169 e. The molecule has 2 aromatic carbocycles. The number of aryl methyl sites for hydroxylation is 1. The summed E-state index contributed by atoms with van der Waals surface area (Å²) < 4.78 is 14.1. The fourth-order valence-electron chi connectivity index (χ4n) is 1.71. The highest BCUT2D eigenvalue weighted by molar-refractivity contribution is 6.34. The Bertz CT molecular complexity index is 624. The summed E-state index contributed by atoms with van der Waals surface area (Å²) in [5, 5.41) is 3.17. The first-order chi connectivity index (χ1) is 8.91. The summed E-state index contributed by atoms with van der Waals surface area (Å²) in [5.74, 6) is -0.696. The van der Waals surface area contributed by atoms with Crippen LogP contribution in [0.25, 0.3) is 0 Å². The molecule has 0 bridgehead atoms. The van der Waals surface area contributed by atoms with Crippen LogP contribution < -0.4 is 16.8 Å². The van der Waals surface area contributed by atoms with Crippen molar-refractivity contribution in [3.8, 4) is 0 Å². The minimum absolute atomic E-state index is 0.0652. The van der Waals surface area contributed by atoms with Gasteiger partial charge in [-0.1, -0.05) is 35.3 Å². The van der Waals surface area contributed by atoms with E-state index in [0.29, 0.717) is 10.7 Å². The highest BCUT2D eigenvalue weighted by Crippen LogP contribution is 2.37. The van der Waals surface area contributed by atoms with Crippen molar-refractivity contribution < 1.29 is 4.39 Å². The summed E-state index contributed by atoms with van der Waals surface area (Å²) in [6, 6.07) is 6.75. The van der Waals surface area contributed by atoms with Crippen LogP contribution in [0.4, 0.5) is 27.1 Å². The molecule has 5 N–H and O–H groups in total. The van der Waals surface area contributed by atoms with E-state index in [4.69, 9.17) is 34.7 Å². The maximum absolute atomic E-state index is 14.1. The Labute approximate surface area is 120 Å². The zero-order valence-electron chi connectivity index (χ0n) is 10.1. The third-order valence-electron chi connectivity index (χ3n) is 2.74. The molecule has 0 aromatic heterocycles. The summed E-state index contributed by atoms with van der Waals surface area (Å²) in [6.45, 7) is 1.85. The molecule has 0 unspecified atom stereocenters. The van der Waals surface area contributed by atoms with Gasteiger partial charge in [-0.15, -0.1) is 0 Å². The molecule has 0 spiro atoms. The van der Waals surface area contributed by atoms with Crippen LogP contribution in [0, 0.1) is 12.7 Å². The number of halogens is 3. The van der Waals surface area contributed by atoms with E-state index < -0.39 is 5.82 Å². The van der Waals surface area contributed by atoms with Crippen LogP contribution in [-0.4, -0.2) is 0 Å². The Morgan fingerprint density at radius 2 is 1.79 bits per heavy atom. The molecule has 0 aliphatic heterocycles. The molecule has 0 aliphatic rings. The molecule has 100 valence electrons. The lowest BCUT2D eigenvalue weighted by Gasteiger charge is -2.15. The minimum atomic E-state index is -0.696. The molecule has 6 heteroatoms. The minimum Gasteiger partial charge on any atom is -0.397 e. The fourth-order valence-corrected chi connectivity index (χ4v) is 2.13. The lowest BCUT2D eigenvalue weighted by Crippen LogP contribution is -2.04. The second-order valence-electron chi connectivity index (χ2n) is 4.11. The summed E-state index contributed by atoms with van der Waals surface area (Å²) >= 11 is 11.8. The molecule has 2 rings (SSSR count). The number of nitrogens with two attached hydrogens (primary N) is 2. The second-order valence-corrected chi connectivity index (χ2v) is 4.90. The predicted molar refractivity (Wildman–Crippen MR) is 79.7 cm³/mol. The Hall–Kier alpha value is -1.65. The van der Waals surface area contributed by atoms with E-state index in [9.17, 15) is 4.39 Å². The third kappa shape index (κ3) is 2.55. The molecule has 0 saturated carbocycles. The SMILES string of the molecule is Cc1cccc(Cl)c1Nc1c(N)cc(N)c(Cl)c1F. The number of rotatable bonds is 2. The summed E-state index contributed by atoms with van der Waals surface area (Å²) in [7, 11) is 0. The van der Waals surface area contributed by atoms with E-state index in [1.807, 2.05) is 13.0 Å². The maximum atomic E-state index is 14.1. The van der Waals surface area contributed by atoms with Gasteiger partial charge in [0.25, 0.3) is 0 Å². The van der Waals surface area contributed by atoms with Gasteiger partial charge in [0, 0.05) is 0 Å². The molecule has 0 atom stereocenters. The van der Waals surface area contributed by atoms with Crippen molar-refractivity contribution in [2.24, 2.45) is 0 Å². The van der Waals surface area contributed by atoms with Gasteiger partial charge in [-0.3, -0.25) is 0 Å². The molecule has 0 fully saturated rings. The van der Waals surface area contributed by atoms with Crippen LogP contribution >= 0.6 is 23.2 Å². The molecular weight excluding hydrogens is 288 g/mol. The molecule has 19 heavy (non-hydrogen) atoms. The molecule has 0 radical (unpaired) electrons. The highest BCUT2D eigenvalue weighted by atomic mass is 35.5. The number of anilines is 4. The summed E-state index contributed by atoms with van der Waals surface area (Å²) in [6.07, 6.45) is 0. The Balaban J connectivity index is 2.53. The normalized spacial score (nSPS) is 10.5. The van der Waals surface area contributed by atoms with E-state index in [1.165, 1.54) is 6.07 Å². The van der Waals surface area contributed by atoms with E-state index in [-0.39, 0.29) is 22.1 Å². The first-order valence-corrected chi connectivity index (χ1v) is 6.22. The van der Waals surface area contributed by atoms with Crippen molar-refractivity contribution in [3.05, 3.63) is 45.7 Å². The topological polar surface area (TPSA) is 64.1 Å². The standard InChI is InChI=1S/C13H12Cl2FN3/c1-6-3-2-4-7(14)12(6)19-13-9(18)5-8(17)10(15)11(13)16/h2-5,19H,17-18H2,1H3. The van der Waals surface area contributed by atoms with Crippen molar-refractivity contribution in [2.75, 3.05) is 16.8 Å². The Kier molecular flexibility index (Phi) is 3.73. The molecule has 0 amide bonds. The van der Waals surface area contributed by atoms with Gasteiger partial charge < -0.3 is 16.8 Å². The number of para-hydroxylation sites is 1.